The molecular weight excluding hydrogens is 346 g/mol. The highest BCUT2D eigenvalue weighted by Gasteiger charge is 1.96. The summed E-state index contributed by atoms with van der Waals surface area (Å²) in [7, 11) is 0. The van der Waals surface area contributed by atoms with E-state index in [1.54, 1.807) is 0 Å². The van der Waals surface area contributed by atoms with Gasteiger partial charge >= 0.3 is 0 Å². The molecule has 0 unspecified atom stereocenters. The van der Waals surface area contributed by atoms with Crippen molar-refractivity contribution in [3.8, 4) is 22.6 Å². The zero-order valence-electron chi connectivity index (χ0n) is 15.5. The van der Waals surface area contributed by atoms with Crippen LogP contribution in [0, 0.1) is 0 Å². The first-order valence-corrected chi connectivity index (χ1v) is 8.90. The van der Waals surface area contributed by atoms with Crippen molar-refractivity contribution in [2.45, 2.75) is 0 Å². The summed E-state index contributed by atoms with van der Waals surface area (Å²) in [5.74, 6) is 1.63. The van der Waals surface area contributed by atoms with Crippen LogP contribution in [-0.2, 0) is 0 Å². The first-order valence-electron chi connectivity index (χ1n) is 8.90. The molecule has 0 saturated carbocycles. The normalized spacial score (nSPS) is 9.86. The number of hydrogen-bond donors (Lipinski definition) is 3. The third kappa shape index (κ3) is 5.54. The molecule has 0 bridgehead atoms. The first kappa shape index (κ1) is 18.9. The molecule has 0 spiro atoms. The van der Waals surface area contributed by atoms with Crippen LogP contribution in [0.5, 0.6) is 11.5 Å². The van der Waals surface area contributed by atoms with Gasteiger partial charge in [-0.1, -0.05) is 42.5 Å². The van der Waals surface area contributed by atoms with Gasteiger partial charge in [-0.05, 0) is 71.8 Å². The molecule has 0 heterocycles. The van der Waals surface area contributed by atoms with Gasteiger partial charge in [0.1, 0.15) is 11.5 Å². The fourth-order valence-corrected chi connectivity index (χ4v) is 2.51. The smallest absolute Gasteiger partial charge is 0.127 e. The minimum atomic E-state index is 0.741. The molecule has 4 rings (SSSR count). The third-order valence-corrected chi connectivity index (χ3v) is 4.01. The maximum Gasteiger partial charge on any atom is 0.127 e. The van der Waals surface area contributed by atoms with E-state index in [0.717, 1.165) is 39.7 Å². The lowest BCUT2D eigenvalue weighted by atomic mass is 10.1. The molecule has 140 valence electrons. The summed E-state index contributed by atoms with van der Waals surface area (Å²) in [6.45, 7) is 0. The lowest BCUT2D eigenvalue weighted by Gasteiger charge is -2.04. The van der Waals surface area contributed by atoms with Crippen LogP contribution in [0.3, 0.4) is 0 Å². The summed E-state index contributed by atoms with van der Waals surface area (Å²) in [5.41, 5.74) is 21.4. The van der Waals surface area contributed by atoms with Crippen LogP contribution in [-0.4, -0.2) is 0 Å². The molecule has 4 aromatic carbocycles. The standard InChI is InChI=1S/C12H12N2.C12H11NO/c13-11-5-1-9(2-6-11)10-3-7-12(14)8-4-10;13-10-6-8-12(9-7-10)14-11-4-2-1-3-5-11/h1-8H,13-14H2;1-9H,13H2. The van der Waals surface area contributed by atoms with Crippen molar-refractivity contribution in [1.82, 2.24) is 0 Å². The predicted molar refractivity (Wildman–Crippen MR) is 118 cm³/mol. The van der Waals surface area contributed by atoms with Crippen LogP contribution in [0.2, 0.25) is 0 Å². The monoisotopic (exact) mass is 369 g/mol. The molecule has 0 aromatic heterocycles. The van der Waals surface area contributed by atoms with Crippen molar-refractivity contribution in [2.75, 3.05) is 17.2 Å². The van der Waals surface area contributed by atoms with Crippen molar-refractivity contribution >= 4 is 17.1 Å². The zero-order valence-corrected chi connectivity index (χ0v) is 15.5. The molecule has 0 fully saturated rings. The second kappa shape index (κ2) is 9.14. The van der Waals surface area contributed by atoms with Crippen molar-refractivity contribution < 1.29 is 4.74 Å². The van der Waals surface area contributed by atoms with Crippen LogP contribution in [0.1, 0.15) is 0 Å². The Kier molecular flexibility index (Phi) is 6.16. The second-order valence-corrected chi connectivity index (χ2v) is 6.23. The van der Waals surface area contributed by atoms with E-state index in [1.807, 2.05) is 103 Å². The zero-order chi connectivity index (χ0) is 19.8. The number of para-hydroxylation sites is 1. The molecule has 0 aliphatic carbocycles. The Morgan fingerprint density at radius 3 is 1.18 bits per heavy atom. The predicted octanol–water partition coefficient (Wildman–Crippen LogP) is 5.58. The minimum Gasteiger partial charge on any atom is -0.457 e. The molecule has 0 radical (unpaired) electrons. The van der Waals surface area contributed by atoms with Gasteiger partial charge in [0.2, 0.25) is 0 Å². The molecule has 4 aromatic rings. The van der Waals surface area contributed by atoms with E-state index in [2.05, 4.69) is 0 Å². The Balaban J connectivity index is 0.000000161. The Morgan fingerprint density at radius 1 is 0.393 bits per heavy atom. The molecular formula is C24H23N3O. The van der Waals surface area contributed by atoms with Gasteiger partial charge in [-0.25, -0.2) is 0 Å². The maximum absolute atomic E-state index is 5.61. The van der Waals surface area contributed by atoms with Crippen molar-refractivity contribution in [2.24, 2.45) is 0 Å². The van der Waals surface area contributed by atoms with Crippen molar-refractivity contribution in [3.63, 3.8) is 0 Å². The number of hydrogen-bond acceptors (Lipinski definition) is 4. The average molecular weight is 369 g/mol. The van der Waals surface area contributed by atoms with Crippen LogP contribution in [0.4, 0.5) is 17.1 Å². The van der Waals surface area contributed by atoms with Gasteiger partial charge in [0, 0.05) is 17.1 Å². The van der Waals surface area contributed by atoms with Gasteiger partial charge in [0.15, 0.2) is 0 Å². The van der Waals surface area contributed by atoms with E-state index in [-0.39, 0.29) is 0 Å². The summed E-state index contributed by atoms with van der Waals surface area (Å²) in [6.07, 6.45) is 0. The molecule has 0 atom stereocenters. The SMILES string of the molecule is Nc1ccc(-c2ccc(N)cc2)cc1.Nc1ccc(Oc2ccccc2)cc1. The Morgan fingerprint density at radius 2 is 0.750 bits per heavy atom. The highest BCUT2D eigenvalue weighted by Crippen LogP contribution is 2.22. The Bertz CT molecular complexity index is 937. The van der Waals surface area contributed by atoms with Gasteiger partial charge in [-0.2, -0.15) is 0 Å². The van der Waals surface area contributed by atoms with E-state index in [4.69, 9.17) is 21.9 Å². The van der Waals surface area contributed by atoms with E-state index >= 15 is 0 Å². The summed E-state index contributed by atoms with van der Waals surface area (Å²) in [6, 6.07) is 32.6. The third-order valence-electron chi connectivity index (χ3n) is 4.01. The highest BCUT2D eigenvalue weighted by atomic mass is 16.5. The lowest BCUT2D eigenvalue weighted by Crippen LogP contribution is -1.85. The second-order valence-electron chi connectivity index (χ2n) is 6.23. The molecule has 28 heavy (non-hydrogen) atoms. The molecule has 4 heteroatoms. The lowest BCUT2D eigenvalue weighted by molar-refractivity contribution is 0.483. The number of rotatable bonds is 3. The van der Waals surface area contributed by atoms with E-state index < -0.39 is 0 Å². The Hall–Kier alpha value is -3.92. The van der Waals surface area contributed by atoms with Crippen molar-refractivity contribution in [1.29, 1.82) is 0 Å². The molecule has 4 nitrogen and oxygen atoms in total. The number of benzene rings is 4. The minimum absolute atomic E-state index is 0.741. The quantitative estimate of drug-likeness (QED) is 0.411. The molecule has 0 saturated heterocycles. The van der Waals surface area contributed by atoms with Gasteiger partial charge in [0.05, 0.1) is 0 Å². The number of nitrogen functional groups attached to an aromatic ring is 3. The van der Waals surface area contributed by atoms with E-state index in [9.17, 15) is 0 Å². The maximum atomic E-state index is 5.61. The number of ether oxygens (including phenoxy) is 1. The molecule has 6 N–H and O–H groups in total. The Labute approximate surface area is 165 Å². The van der Waals surface area contributed by atoms with Gasteiger partial charge in [-0.3, -0.25) is 0 Å². The summed E-state index contributed by atoms with van der Waals surface area (Å²) >= 11 is 0. The van der Waals surface area contributed by atoms with Gasteiger partial charge < -0.3 is 21.9 Å². The fourth-order valence-electron chi connectivity index (χ4n) is 2.51. The molecule has 0 amide bonds. The van der Waals surface area contributed by atoms with E-state index in [1.165, 1.54) is 0 Å². The summed E-state index contributed by atoms with van der Waals surface area (Å²) < 4.78 is 5.58. The summed E-state index contributed by atoms with van der Waals surface area (Å²) in [4.78, 5) is 0. The molecule has 0 aliphatic heterocycles. The van der Waals surface area contributed by atoms with Gasteiger partial charge in [0.25, 0.3) is 0 Å². The largest absolute Gasteiger partial charge is 0.457 e. The van der Waals surface area contributed by atoms with Crippen LogP contribution < -0.4 is 21.9 Å². The number of anilines is 3. The van der Waals surface area contributed by atoms with Gasteiger partial charge in [-0.15, -0.1) is 0 Å². The van der Waals surface area contributed by atoms with Crippen LogP contribution in [0.15, 0.2) is 103 Å². The topological polar surface area (TPSA) is 87.3 Å². The summed E-state index contributed by atoms with van der Waals surface area (Å²) in [5, 5.41) is 0. The van der Waals surface area contributed by atoms with Crippen LogP contribution >= 0.6 is 0 Å². The number of nitrogens with two attached hydrogens (primary N) is 3. The fraction of sp³-hybridized carbons (Fsp3) is 0. The first-order chi connectivity index (χ1) is 13.6. The van der Waals surface area contributed by atoms with Crippen LogP contribution in [0.25, 0.3) is 11.1 Å². The van der Waals surface area contributed by atoms with Crippen molar-refractivity contribution in [3.05, 3.63) is 103 Å². The highest BCUT2D eigenvalue weighted by molar-refractivity contribution is 5.67. The average Bonchev–Trinajstić information content (AvgIpc) is 2.72. The van der Waals surface area contributed by atoms with E-state index in [0.29, 0.717) is 0 Å². The molecule has 0 aliphatic rings.